The van der Waals surface area contributed by atoms with Gasteiger partial charge in [0.1, 0.15) is 31.0 Å². The number of esters is 5. The van der Waals surface area contributed by atoms with Gasteiger partial charge in [0.15, 0.2) is 37.0 Å². The van der Waals surface area contributed by atoms with Crippen molar-refractivity contribution in [2.45, 2.75) is 96.0 Å². The van der Waals surface area contributed by atoms with Crippen LogP contribution in [0, 0.1) is 0 Å². The first-order valence-electron chi connectivity index (χ1n) is 11.5. The summed E-state index contributed by atoms with van der Waals surface area (Å²) in [6.07, 6.45) is -12.9. The molecule has 208 valence electrons. The van der Waals surface area contributed by atoms with Crippen LogP contribution in [0.3, 0.4) is 0 Å². The topological polar surface area (TPSA) is 189 Å². The zero-order chi connectivity index (χ0) is 27.4. The van der Waals surface area contributed by atoms with E-state index in [1.54, 1.807) is 0 Å². The van der Waals surface area contributed by atoms with Gasteiger partial charge in [0.2, 0.25) is 0 Å². The van der Waals surface area contributed by atoms with E-state index >= 15 is 0 Å². The second kappa shape index (κ2) is 12.1. The molecule has 10 atom stereocenters. The predicted octanol–water partition coefficient (Wildman–Crippen LogP) is -1.50. The van der Waals surface area contributed by atoms with Crippen molar-refractivity contribution in [2.24, 2.45) is 0 Å². The number of fused-ring (bicyclic) bond motifs is 2. The number of ether oxygens (including phenoxy) is 9. The van der Waals surface area contributed by atoms with Crippen LogP contribution in [-0.4, -0.2) is 110 Å². The maximum absolute atomic E-state index is 11.9. The zero-order valence-electron chi connectivity index (χ0n) is 20.9. The largest absolute Gasteiger partial charge is 0.463 e. The Hall–Kier alpha value is -2.85. The highest BCUT2D eigenvalue weighted by molar-refractivity contribution is 5.68. The summed E-state index contributed by atoms with van der Waals surface area (Å²) < 4.78 is 49.3. The fraction of sp³-hybridized carbons (Fsp3) is 0.773. The lowest BCUT2D eigenvalue weighted by Crippen LogP contribution is -2.65. The van der Waals surface area contributed by atoms with E-state index in [-0.39, 0.29) is 6.61 Å². The minimum Gasteiger partial charge on any atom is -0.463 e. The molecule has 0 saturated carbocycles. The van der Waals surface area contributed by atoms with Crippen molar-refractivity contribution in [3.8, 4) is 0 Å². The Morgan fingerprint density at radius 3 is 1.81 bits per heavy atom. The van der Waals surface area contributed by atoms with Crippen LogP contribution >= 0.6 is 0 Å². The van der Waals surface area contributed by atoms with Crippen molar-refractivity contribution in [3.63, 3.8) is 0 Å². The third kappa shape index (κ3) is 7.13. The normalized spacial score (nSPS) is 36.7. The molecule has 3 aliphatic heterocycles. The molecule has 3 saturated heterocycles. The van der Waals surface area contributed by atoms with Crippen molar-refractivity contribution in [2.75, 3.05) is 13.2 Å². The van der Waals surface area contributed by atoms with Gasteiger partial charge in [-0.25, -0.2) is 0 Å². The van der Waals surface area contributed by atoms with Crippen LogP contribution in [0.1, 0.15) is 34.6 Å². The van der Waals surface area contributed by atoms with Gasteiger partial charge in [0.25, 0.3) is 0 Å². The highest BCUT2D eigenvalue weighted by Gasteiger charge is 2.58. The summed E-state index contributed by atoms with van der Waals surface area (Å²) in [5.41, 5.74) is 0. The molecule has 15 heteroatoms. The Kier molecular flexibility index (Phi) is 9.41. The van der Waals surface area contributed by atoms with E-state index < -0.39 is 97.9 Å². The van der Waals surface area contributed by atoms with Crippen molar-refractivity contribution in [3.05, 3.63) is 0 Å². The number of rotatable bonds is 8. The minimum atomic E-state index is -1.59. The van der Waals surface area contributed by atoms with Gasteiger partial charge in [-0.2, -0.15) is 0 Å². The molecule has 0 aromatic carbocycles. The lowest BCUT2D eigenvalue weighted by molar-refractivity contribution is -0.340. The number of aliphatic hydroxyl groups excluding tert-OH is 1. The third-order valence-electron chi connectivity index (χ3n) is 5.58. The van der Waals surface area contributed by atoms with E-state index in [4.69, 9.17) is 42.6 Å². The second-order valence-corrected chi connectivity index (χ2v) is 8.61. The lowest BCUT2D eigenvalue weighted by atomic mass is 9.97. The first-order chi connectivity index (χ1) is 17.4. The molecule has 0 spiro atoms. The average molecular weight is 534 g/mol. The van der Waals surface area contributed by atoms with Gasteiger partial charge < -0.3 is 47.7 Å². The molecule has 0 aromatic rings. The van der Waals surface area contributed by atoms with Crippen LogP contribution in [0.25, 0.3) is 0 Å². The number of hydrogen-bond donors (Lipinski definition) is 1. The molecule has 3 heterocycles. The maximum Gasteiger partial charge on any atom is 0.303 e. The summed E-state index contributed by atoms with van der Waals surface area (Å²) in [5, 5.41) is 10.8. The molecular weight excluding hydrogens is 504 g/mol. The van der Waals surface area contributed by atoms with Crippen LogP contribution in [0.4, 0.5) is 0 Å². The van der Waals surface area contributed by atoms with Crippen LogP contribution < -0.4 is 0 Å². The Bertz CT molecular complexity index is 889. The number of carbonyl (C=O) groups is 5. The summed E-state index contributed by atoms with van der Waals surface area (Å²) in [5.74, 6) is -3.73. The van der Waals surface area contributed by atoms with Crippen LogP contribution in [0.2, 0.25) is 0 Å². The quantitative estimate of drug-likeness (QED) is 0.280. The highest BCUT2D eigenvalue weighted by Crippen LogP contribution is 2.37. The van der Waals surface area contributed by atoms with Crippen LogP contribution in [0.5, 0.6) is 0 Å². The van der Waals surface area contributed by atoms with Crippen molar-refractivity contribution < 1.29 is 71.7 Å². The molecule has 3 aliphatic rings. The fourth-order valence-corrected chi connectivity index (χ4v) is 4.28. The Labute approximate surface area is 211 Å². The van der Waals surface area contributed by atoms with Crippen LogP contribution in [0.15, 0.2) is 0 Å². The molecule has 15 nitrogen and oxygen atoms in total. The van der Waals surface area contributed by atoms with E-state index in [2.05, 4.69) is 0 Å². The third-order valence-corrected chi connectivity index (χ3v) is 5.58. The van der Waals surface area contributed by atoms with Gasteiger partial charge >= 0.3 is 29.8 Å². The van der Waals surface area contributed by atoms with Gasteiger partial charge in [-0.15, -0.1) is 0 Å². The Morgan fingerprint density at radius 2 is 1.24 bits per heavy atom. The first kappa shape index (κ1) is 28.7. The second-order valence-electron chi connectivity index (χ2n) is 8.61. The number of carbonyl (C=O) groups excluding carboxylic acids is 5. The number of aliphatic hydroxyl groups is 1. The van der Waals surface area contributed by atoms with E-state index in [1.807, 2.05) is 0 Å². The smallest absolute Gasteiger partial charge is 0.303 e. The highest BCUT2D eigenvalue weighted by atomic mass is 16.8. The SMILES string of the molecule is CC(=O)OC[C@H]1O[C@@H](OC2[C@H]3CO[C@H](O3)[C@H](OC(C)=O)[C@H]2OC(C)=O)[C@H](OC(C)=O)[C@@H](OC(C)=O)[C@@H]1O. The van der Waals surface area contributed by atoms with Crippen molar-refractivity contribution >= 4 is 29.8 Å². The molecule has 1 N–H and O–H groups in total. The average Bonchev–Trinajstić information content (AvgIpc) is 3.21. The molecule has 0 radical (unpaired) electrons. The van der Waals surface area contributed by atoms with Crippen molar-refractivity contribution in [1.82, 2.24) is 0 Å². The van der Waals surface area contributed by atoms with Gasteiger partial charge in [-0.05, 0) is 0 Å². The molecule has 2 bridgehead atoms. The van der Waals surface area contributed by atoms with Gasteiger partial charge in [-0.3, -0.25) is 24.0 Å². The first-order valence-corrected chi connectivity index (χ1v) is 11.5. The van der Waals surface area contributed by atoms with Gasteiger partial charge in [-0.1, -0.05) is 0 Å². The van der Waals surface area contributed by atoms with E-state index in [9.17, 15) is 29.1 Å². The molecule has 0 amide bonds. The zero-order valence-corrected chi connectivity index (χ0v) is 20.9. The van der Waals surface area contributed by atoms with E-state index in [0.717, 1.165) is 34.6 Å². The monoisotopic (exact) mass is 534 g/mol. The summed E-state index contributed by atoms with van der Waals surface area (Å²) in [6, 6.07) is 0. The summed E-state index contributed by atoms with van der Waals surface area (Å²) in [6.45, 7) is 5.09. The lowest BCUT2D eigenvalue weighted by Gasteiger charge is -2.46. The molecule has 1 unspecified atom stereocenters. The molecule has 3 fully saturated rings. The van der Waals surface area contributed by atoms with E-state index in [0.29, 0.717) is 0 Å². The number of hydrogen-bond acceptors (Lipinski definition) is 15. The Balaban J connectivity index is 1.95. The Morgan fingerprint density at radius 1 is 0.703 bits per heavy atom. The summed E-state index contributed by atoms with van der Waals surface area (Å²) in [4.78, 5) is 58.7. The van der Waals surface area contributed by atoms with Gasteiger partial charge in [0, 0.05) is 34.6 Å². The summed E-state index contributed by atoms with van der Waals surface area (Å²) >= 11 is 0. The summed E-state index contributed by atoms with van der Waals surface area (Å²) in [7, 11) is 0. The maximum atomic E-state index is 11.9. The predicted molar refractivity (Wildman–Crippen MR) is 113 cm³/mol. The molecule has 3 rings (SSSR count). The van der Waals surface area contributed by atoms with Crippen molar-refractivity contribution in [1.29, 1.82) is 0 Å². The van der Waals surface area contributed by atoms with E-state index in [1.165, 1.54) is 0 Å². The van der Waals surface area contributed by atoms with Crippen LogP contribution in [-0.2, 0) is 66.6 Å². The molecule has 0 aliphatic carbocycles. The van der Waals surface area contributed by atoms with Gasteiger partial charge in [0.05, 0.1) is 6.61 Å². The molecular formula is C22H30O15. The minimum absolute atomic E-state index is 0.0390. The fourth-order valence-electron chi connectivity index (χ4n) is 4.28. The molecule has 37 heavy (non-hydrogen) atoms. The standard InChI is InChI=1S/C22H30O15/c1-8(23)29-6-13-15(28)17(31-9(2)24)19(33-11(4)26)22(35-13)37-16-14-7-30-21(36-14)20(34-12(5)27)18(16)32-10(3)25/h13-22,28H,6-7H2,1-5H3/t13-,14-,15-,16?,17+,18+,19-,20-,21-,22+/m1/s1. The molecule has 0 aromatic heterocycles.